The molecule has 0 heterocycles. The number of aliphatic hydroxyl groups excluding tert-OH is 3. The van der Waals surface area contributed by atoms with Gasteiger partial charge in [0, 0.05) is 6.42 Å². The number of rotatable bonds is 7. The summed E-state index contributed by atoms with van der Waals surface area (Å²) in [5.74, 6) is 3.24. The molecule has 4 bridgehead atoms. The molecule has 0 amide bonds. The third-order valence-corrected chi connectivity index (χ3v) is 15.8. The molecule has 9 unspecified atom stereocenters. The van der Waals surface area contributed by atoms with E-state index in [1.54, 1.807) is 0 Å². The predicted octanol–water partition coefficient (Wildman–Crippen LogP) is 5.67. The van der Waals surface area contributed by atoms with Crippen LogP contribution in [0.2, 0.25) is 0 Å². The maximum atomic E-state index is 12.8. The molecule has 0 radical (unpaired) electrons. The molecule has 8 aliphatic carbocycles. The first-order valence-corrected chi connectivity index (χ1v) is 18.2. The van der Waals surface area contributed by atoms with Gasteiger partial charge in [-0.15, -0.1) is 0 Å². The molecule has 0 aromatic heterocycles. The number of hydrogen-bond donors (Lipinski definition) is 3. The van der Waals surface area contributed by atoms with Gasteiger partial charge in [-0.2, -0.15) is 0 Å². The lowest BCUT2D eigenvalue weighted by Crippen LogP contribution is -2.62. The summed E-state index contributed by atoms with van der Waals surface area (Å²) in [5, 5.41) is 33.7. The zero-order valence-electron chi connectivity index (χ0n) is 27.6. The summed E-state index contributed by atoms with van der Waals surface area (Å²) in [6.45, 7) is 8.61. The van der Waals surface area contributed by atoms with E-state index >= 15 is 0 Å². The molecular weight excluding hydrogens is 556 g/mol. The summed E-state index contributed by atoms with van der Waals surface area (Å²) in [4.78, 5) is 25.6. The van der Waals surface area contributed by atoms with Crippen LogP contribution in [0.4, 0.5) is 0 Å². The average Bonchev–Trinajstić information content (AvgIpc) is 3.33. The second-order valence-corrected chi connectivity index (χ2v) is 17.7. The Kier molecular flexibility index (Phi) is 8.01. The van der Waals surface area contributed by atoms with E-state index in [0.29, 0.717) is 30.6 Å². The third kappa shape index (κ3) is 4.91. The Hall–Kier alpha value is -1.18. The average molecular weight is 615 g/mol. The van der Waals surface area contributed by atoms with E-state index in [2.05, 4.69) is 27.7 Å². The van der Waals surface area contributed by atoms with E-state index in [4.69, 9.17) is 9.47 Å². The fraction of sp³-hybridized carbons (Fsp3) is 0.946. The summed E-state index contributed by atoms with van der Waals surface area (Å²) < 4.78 is 11.5. The topological polar surface area (TPSA) is 113 Å². The Morgan fingerprint density at radius 2 is 1.48 bits per heavy atom. The number of esters is 2. The van der Waals surface area contributed by atoms with Gasteiger partial charge in [-0.25, -0.2) is 4.79 Å². The van der Waals surface area contributed by atoms with Gasteiger partial charge in [0.25, 0.3) is 0 Å². The van der Waals surface area contributed by atoms with Gasteiger partial charge in [-0.3, -0.25) is 4.79 Å². The van der Waals surface area contributed by atoms with Crippen molar-refractivity contribution in [3.63, 3.8) is 0 Å². The minimum absolute atomic E-state index is 0.0631. The number of carbonyl (C=O) groups is 2. The molecule has 7 heteroatoms. The van der Waals surface area contributed by atoms with Crippen molar-refractivity contribution >= 4 is 11.9 Å². The van der Waals surface area contributed by atoms with Crippen LogP contribution in [-0.4, -0.2) is 57.8 Å². The highest BCUT2D eigenvalue weighted by Gasteiger charge is 2.66. The number of hydrogen-bond acceptors (Lipinski definition) is 7. The first-order valence-electron chi connectivity index (χ1n) is 18.2. The lowest BCUT2D eigenvalue weighted by molar-refractivity contribution is -0.208. The molecule has 0 aliphatic heterocycles. The Bertz CT molecular complexity index is 1090. The molecule has 8 rings (SSSR count). The largest absolute Gasteiger partial charge is 0.456 e. The fourth-order valence-electron chi connectivity index (χ4n) is 13.5. The van der Waals surface area contributed by atoms with Gasteiger partial charge in [-0.05, 0) is 160 Å². The van der Waals surface area contributed by atoms with Crippen LogP contribution >= 0.6 is 0 Å². The highest BCUT2D eigenvalue weighted by Crippen LogP contribution is 2.68. The summed E-state index contributed by atoms with van der Waals surface area (Å²) >= 11 is 0. The van der Waals surface area contributed by atoms with Gasteiger partial charge in [0.05, 0.1) is 18.3 Å². The number of ether oxygens (including phenoxy) is 2. The molecule has 248 valence electrons. The molecule has 8 aliphatic rings. The van der Waals surface area contributed by atoms with Crippen molar-refractivity contribution in [2.24, 2.45) is 70.0 Å². The first-order chi connectivity index (χ1) is 20.8. The summed E-state index contributed by atoms with van der Waals surface area (Å²) in [6.07, 6.45) is 11.8. The Morgan fingerprint density at radius 3 is 2.16 bits per heavy atom. The second kappa shape index (κ2) is 11.2. The lowest BCUT2D eigenvalue weighted by atomic mass is 9.43. The molecule has 11 atom stereocenters. The van der Waals surface area contributed by atoms with Crippen LogP contribution in [-0.2, 0) is 19.1 Å². The lowest BCUT2D eigenvalue weighted by Gasteiger charge is -2.63. The van der Waals surface area contributed by atoms with E-state index in [-0.39, 0.29) is 71.6 Å². The van der Waals surface area contributed by atoms with Gasteiger partial charge in [-0.1, -0.05) is 20.8 Å². The first kappa shape index (κ1) is 31.4. The number of fused-ring (bicyclic) bond motifs is 5. The molecule has 0 aromatic rings. The van der Waals surface area contributed by atoms with Crippen LogP contribution in [0.15, 0.2) is 0 Å². The monoisotopic (exact) mass is 614 g/mol. The summed E-state index contributed by atoms with van der Waals surface area (Å²) in [5.41, 5.74) is -0.642. The summed E-state index contributed by atoms with van der Waals surface area (Å²) in [6, 6.07) is 0. The summed E-state index contributed by atoms with van der Waals surface area (Å²) in [7, 11) is 0. The van der Waals surface area contributed by atoms with Crippen molar-refractivity contribution < 1.29 is 34.4 Å². The van der Waals surface area contributed by atoms with Gasteiger partial charge in [0.1, 0.15) is 5.60 Å². The van der Waals surface area contributed by atoms with Gasteiger partial charge >= 0.3 is 11.9 Å². The van der Waals surface area contributed by atoms with Crippen LogP contribution in [0.25, 0.3) is 0 Å². The molecule has 0 spiro atoms. The Morgan fingerprint density at radius 1 is 0.795 bits per heavy atom. The molecule has 44 heavy (non-hydrogen) atoms. The van der Waals surface area contributed by atoms with Crippen molar-refractivity contribution in [1.82, 2.24) is 0 Å². The third-order valence-electron chi connectivity index (χ3n) is 15.8. The fourth-order valence-corrected chi connectivity index (χ4v) is 13.5. The minimum Gasteiger partial charge on any atom is -0.456 e. The van der Waals surface area contributed by atoms with Crippen molar-refractivity contribution in [2.45, 2.75) is 141 Å². The maximum absolute atomic E-state index is 12.8. The van der Waals surface area contributed by atoms with Crippen molar-refractivity contribution in [2.75, 3.05) is 6.61 Å². The van der Waals surface area contributed by atoms with Crippen molar-refractivity contribution in [3.05, 3.63) is 0 Å². The smallest absolute Gasteiger partial charge is 0.344 e. The molecule has 8 fully saturated rings. The molecule has 8 saturated carbocycles. The van der Waals surface area contributed by atoms with E-state index < -0.39 is 17.7 Å². The van der Waals surface area contributed by atoms with E-state index in [0.717, 1.165) is 76.0 Å². The van der Waals surface area contributed by atoms with Crippen LogP contribution in [0.5, 0.6) is 0 Å². The van der Waals surface area contributed by atoms with E-state index in [9.17, 15) is 24.9 Å². The van der Waals surface area contributed by atoms with E-state index in [1.165, 1.54) is 6.42 Å². The van der Waals surface area contributed by atoms with E-state index in [1.807, 2.05) is 0 Å². The van der Waals surface area contributed by atoms with Crippen molar-refractivity contribution in [3.8, 4) is 0 Å². The van der Waals surface area contributed by atoms with Crippen LogP contribution < -0.4 is 0 Å². The van der Waals surface area contributed by atoms with Crippen LogP contribution in [0.1, 0.15) is 118 Å². The zero-order valence-corrected chi connectivity index (χ0v) is 27.6. The second-order valence-electron chi connectivity index (χ2n) is 17.7. The molecule has 0 aromatic carbocycles. The quantitative estimate of drug-likeness (QED) is 0.317. The number of carbonyl (C=O) groups excluding carboxylic acids is 2. The van der Waals surface area contributed by atoms with Crippen LogP contribution in [0, 0.1) is 70.0 Å². The maximum Gasteiger partial charge on any atom is 0.344 e. The highest BCUT2D eigenvalue weighted by molar-refractivity contribution is 5.76. The van der Waals surface area contributed by atoms with Gasteiger partial charge in [0.15, 0.2) is 6.61 Å². The normalized spacial score (nSPS) is 52.9. The zero-order chi connectivity index (χ0) is 31.2. The molecule has 7 nitrogen and oxygen atoms in total. The van der Waals surface area contributed by atoms with Gasteiger partial charge < -0.3 is 24.8 Å². The molecular formula is C37H58O7. The highest BCUT2D eigenvalue weighted by atomic mass is 16.6. The Balaban J connectivity index is 0.929. The SMILES string of the molecule is CC(CCC(=O)OCC(=O)OC1(C)C2CC3CC(C2)CC1C3)C1CCC2C3C(O)CC4CC(O)CC[C@]4(C)C3CC(O)[C@]12C. The minimum atomic E-state index is -0.438. The molecule has 0 saturated heterocycles. The standard InChI is InChI=1S/C37H58O7/c1-20(5-8-32(41)43-19-33(42)44-37(4)24-12-21-11-22(14-24)15-25(37)13-21)27-6-7-28-34-29(18-31(40)36(27,28)3)35(2)10-9-26(38)16-23(35)17-30(34)39/h20-31,34,38-40H,5-19H2,1-4H3/t20?,21?,22?,23?,24?,25?,26?,27?,28?,29?,30?,31?,34?,35-,36+,37?/m0/s1. The van der Waals surface area contributed by atoms with Crippen molar-refractivity contribution in [1.29, 1.82) is 0 Å². The van der Waals surface area contributed by atoms with Crippen LogP contribution in [0.3, 0.4) is 0 Å². The Labute approximate surface area is 264 Å². The predicted molar refractivity (Wildman–Crippen MR) is 165 cm³/mol. The van der Waals surface area contributed by atoms with Gasteiger partial charge in [0.2, 0.25) is 0 Å². The number of aliphatic hydroxyl groups is 3. The molecule has 3 N–H and O–H groups in total.